The standard InChI is InChI=1S/C13H16BrN/c1-4-8-15(9-5-2)12-7-6-11(3)13(14)10-12/h4-7,10H,1-2,8-9H2,3H3. The zero-order valence-electron chi connectivity index (χ0n) is 9.04. The smallest absolute Gasteiger partial charge is 0.0383 e. The molecule has 0 fully saturated rings. The van der Waals surface area contributed by atoms with E-state index in [1.54, 1.807) is 0 Å². The molecule has 15 heavy (non-hydrogen) atoms. The van der Waals surface area contributed by atoms with Crippen LogP contribution in [-0.4, -0.2) is 13.1 Å². The number of rotatable bonds is 5. The molecule has 0 amide bonds. The normalized spacial score (nSPS) is 9.73. The third-order valence-corrected chi connectivity index (χ3v) is 3.07. The van der Waals surface area contributed by atoms with Crippen LogP contribution in [0, 0.1) is 6.92 Å². The summed E-state index contributed by atoms with van der Waals surface area (Å²) in [6, 6.07) is 6.36. The van der Waals surface area contributed by atoms with Gasteiger partial charge in [-0.3, -0.25) is 0 Å². The van der Waals surface area contributed by atoms with Crippen molar-refractivity contribution in [2.45, 2.75) is 6.92 Å². The minimum absolute atomic E-state index is 0.835. The summed E-state index contributed by atoms with van der Waals surface area (Å²) >= 11 is 3.54. The Kier molecular flexibility index (Phi) is 4.63. The first-order chi connectivity index (χ1) is 7.19. The van der Waals surface area contributed by atoms with Crippen LogP contribution in [0.3, 0.4) is 0 Å². The molecular weight excluding hydrogens is 250 g/mol. The zero-order chi connectivity index (χ0) is 11.3. The van der Waals surface area contributed by atoms with Gasteiger partial charge < -0.3 is 4.90 Å². The van der Waals surface area contributed by atoms with Crippen LogP contribution in [-0.2, 0) is 0 Å². The molecule has 0 N–H and O–H groups in total. The van der Waals surface area contributed by atoms with Crippen molar-refractivity contribution < 1.29 is 0 Å². The third kappa shape index (κ3) is 3.24. The van der Waals surface area contributed by atoms with Gasteiger partial charge in [0.15, 0.2) is 0 Å². The van der Waals surface area contributed by atoms with E-state index in [1.807, 2.05) is 12.2 Å². The van der Waals surface area contributed by atoms with Crippen LogP contribution in [0.15, 0.2) is 48.0 Å². The Balaban J connectivity index is 2.94. The predicted octanol–water partition coefficient (Wildman–Crippen LogP) is 3.94. The molecule has 0 saturated heterocycles. The zero-order valence-corrected chi connectivity index (χ0v) is 10.6. The molecule has 1 rings (SSSR count). The minimum Gasteiger partial charge on any atom is -0.364 e. The lowest BCUT2D eigenvalue weighted by Crippen LogP contribution is -2.22. The van der Waals surface area contributed by atoms with E-state index in [2.05, 4.69) is 59.1 Å². The topological polar surface area (TPSA) is 3.24 Å². The van der Waals surface area contributed by atoms with Gasteiger partial charge in [-0.1, -0.05) is 34.1 Å². The van der Waals surface area contributed by atoms with Crippen molar-refractivity contribution in [3.8, 4) is 0 Å². The first-order valence-corrected chi connectivity index (χ1v) is 5.71. The van der Waals surface area contributed by atoms with Crippen LogP contribution in [0.1, 0.15) is 5.56 Å². The van der Waals surface area contributed by atoms with E-state index in [-0.39, 0.29) is 0 Å². The van der Waals surface area contributed by atoms with E-state index in [0.29, 0.717) is 0 Å². The number of halogens is 1. The van der Waals surface area contributed by atoms with E-state index in [1.165, 1.54) is 11.3 Å². The molecule has 2 heteroatoms. The average molecular weight is 266 g/mol. The van der Waals surface area contributed by atoms with Crippen molar-refractivity contribution in [3.05, 3.63) is 53.5 Å². The lowest BCUT2D eigenvalue weighted by Gasteiger charge is -2.22. The summed E-state index contributed by atoms with van der Waals surface area (Å²) in [6.07, 6.45) is 3.80. The van der Waals surface area contributed by atoms with Crippen molar-refractivity contribution in [2.24, 2.45) is 0 Å². The van der Waals surface area contributed by atoms with Crippen LogP contribution in [0.2, 0.25) is 0 Å². The Morgan fingerprint density at radius 2 is 1.87 bits per heavy atom. The van der Waals surface area contributed by atoms with Crippen LogP contribution in [0.5, 0.6) is 0 Å². The van der Waals surface area contributed by atoms with Crippen LogP contribution in [0.25, 0.3) is 0 Å². The van der Waals surface area contributed by atoms with Gasteiger partial charge in [0.1, 0.15) is 0 Å². The first-order valence-electron chi connectivity index (χ1n) is 4.92. The fourth-order valence-electron chi connectivity index (χ4n) is 1.38. The summed E-state index contributed by atoms with van der Waals surface area (Å²) in [6.45, 7) is 11.3. The Morgan fingerprint density at radius 3 is 2.33 bits per heavy atom. The monoisotopic (exact) mass is 265 g/mol. The van der Waals surface area contributed by atoms with Crippen LogP contribution in [0.4, 0.5) is 5.69 Å². The maximum absolute atomic E-state index is 3.76. The Labute approximate surface area is 100 Å². The van der Waals surface area contributed by atoms with Crippen LogP contribution < -0.4 is 4.90 Å². The van der Waals surface area contributed by atoms with E-state index < -0.39 is 0 Å². The SMILES string of the molecule is C=CCN(CC=C)c1ccc(C)c(Br)c1. The van der Waals surface area contributed by atoms with Gasteiger partial charge in [0.25, 0.3) is 0 Å². The summed E-state index contributed by atoms with van der Waals surface area (Å²) in [4.78, 5) is 2.21. The van der Waals surface area contributed by atoms with E-state index in [4.69, 9.17) is 0 Å². The average Bonchev–Trinajstić information content (AvgIpc) is 2.22. The highest BCUT2D eigenvalue weighted by atomic mass is 79.9. The van der Waals surface area contributed by atoms with Crippen molar-refractivity contribution in [1.82, 2.24) is 0 Å². The molecular formula is C13H16BrN. The molecule has 0 aromatic heterocycles. The van der Waals surface area contributed by atoms with Crippen molar-refractivity contribution >= 4 is 21.6 Å². The second kappa shape index (κ2) is 5.76. The maximum atomic E-state index is 3.76. The summed E-state index contributed by atoms with van der Waals surface area (Å²) in [5.41, 5.74) is 2.43. The molecule has 1 aromatic carbocycles. The van der Waals surface area contributed by atoms with Gasteiger partial charge in [0, 0.05) is 23.2 Å². The molecule has 0 bridgehead atoms. The van der Waals surface area contributed by atoms with Gasteiger partial charge in [-0.25, -0.2) is 0 Å². The molecule has 1 aromatic rings. The van der Waals surface area contributed by atoms with Crippen molar-refractivity contribution in [1.29, 1.82) is 0 Å². The molecule has 0 aliphatic heterocycles. The van der Waals surface area contributed by atoms with Gasteiger partial charge in [0.2, 0.25) is 0 Å². The van der Waals surface area contributed by atoms with Crippen LogP contribution >= 0.6 is 15.9 Å². The number of hydrogen-bond acceptors (Lipinski definition) is 1. The summed E-state index contributed by atoms with van der Waals surface area (Å²) < 4.78 is 1.14. The minimum atomic E-state index is 0.835. The molecule has 1 nitrogen and oxygen atoms in total. The molecule has 0 radical (unpaired) electrons. The second-order valence-corrected chi connectivity index (χ2v) is 4.27. The molecule has 0 heterocycles. The number of anilines is 1. The van der Waals surface area contributed by atoms with E-state index in [9.17, 15) is 0 Å². The lowest BCUT2D eigenvalue weighted by atomic mass is 10.2. The number of aryl methyl sites for hydroxylation is 1. The van der Waals surface area contributed by atoms with Crippen molar-refractivity contribution in [2.75, 3.05) is 18.0 Å². The highest BCUT2D eigenvalue weighted by Gasteiger charge is 2.04. The third-order valence-electron chi connectivity index (χ3n) is 2.22. The fourth-order valence-corrected chi connectivity index (χ4v) is 1.74. The highest BCUT2D eigenvalue weighted by molar-refractivity contribution is 9.10. The fraction of sp³-hybridized carbons (Fsp3) is 0.231. The Hall–Kier alpha value is -1.02. The molecule has 0 aliphatic carbocycles. The quantitative estimate of drug-likeness (QED) is 0.730. The van der Waals surface area contributed by atoms with Gasteiger partial charge in [-0.2, -0.15) is 0 Å². The Bertz CT molecular complexity index is 348. The van der Waals surface area contributed by atoms with Gasteiger partial charge in [-0.15, -0.1) is 13.2 Å². The number of nitrogens with zero attached hydrogens (tertiary/aromatic N) is 1. The maximum Gasteiger partial charge on any atom is 0.0383 e. The first kappa shape index (κ1) is 12.1. The molecule has 0 unspecified atom stereocenters. The molecule has 0 aliphatic rings. The Morgan fingerprint density at radius 1 is 1.27 bits per heavy atom. The molecule has 80 valence electrons. The van der Waals surface area contributed by atoms with Crippen molar-refractivity contribution in [3.63, 3.8) is 0 Å². The molecule has 0 saturated carbocycles. The second-order valence-electron chi connectivity index (χ2n) is 3.42. The summed E-state index contributed by atoms with van der Waals surface area (Å²) in [5, 5.41) is 0. The van der Waals surface area contributed by atoms with Gasteiger partial charge in [-0.05, 0) is 24.6 Å². The molecule has 0 spiro atoms. The number of hydrogen-bond donors (Lipinski definition) is 0. The largest absolute Gasteiger partial charge is 0.364 e. The number of benzene rings is 1. The highest BCUT2D eigenvalue weighted by Crippen LogP contribution is 2.23. The molecule has 0 atom stereocenters. The predicted molar refractivity (Wildman–Crippen MR) is 71.5 cm³/mol. The van der Waals surface area contributed by atoms with E-state index >= 15 is 0 Å². The summed E-state index contributed by atoms with van der Waals surface area (Å²) in [7, 11) is 0. The van der Waals surface area contributed by atoms with Gasteiger partial charge in [0.05, 0.1) is 0 Å². The van der Waals surface area contributed by atoms with Gasteiger partial charge >= 0.3 is 0 Å². The lowest BCUT2D eigenvalue weighted by molar-refractivity contribution is 0.955. The van der Waals surface area contributed by atoms with E-state index in [0.717, 1.165) is 17.6 Å². The summed E-state index contributed by atoms with van der Waals surface area (Å²) in [5.74, 6) is 0.